The largest absolute Gasteiger partial charge is 0.368 e. The topological polar surface area (TPSA) is 58.4 Å². The number of nitrogens with two attached hydrogens (primary N) is 1. The van der Waals surface area contributed by atoms with Gasteiger partial charge in [0.1, 0.15) is 0 Å². The Morgan fingerprint density at radius 2 is 1.79 bits per heavy atom. The molecule has 2 aliphatic rings. The van der Waals surface area contributed by atoms with Crippen molar-refractivity contribution < 1.29 is 4.79 Å². The van der Waals surface area contributed by atoms with E-state index in [9.17, 15) is 4.79 Å². The lowest BCUT2D eigenvalue weighted by molar-refractivity contribution is -0.126. The van der Waals surface area contributed by atoms with Crippen LogP contribution in [0.3, 0.4) is 0 Å². The lowest BCUT2D eigenvalue weighted by atomic mass is 9.77. The molecule has 0 bridgehead atoms. The first-order valence-electron chi connectivity index (χ1n) is 7.80. The van der Waals surface area contributed by atoms with Gasteiger partial charge in [-0.1, -0.05) is 19.3 Å². The number of rotatable bonds is 4. The standard InChI is InChI=1S/C15H29N3O/c1-17-15(14(16)19)10-6-9-13(11-15)18(2)12-7-4-3-5-8-12/h12-13,17H,3-11H2,1-2H3,(H2,16,19). The Bertz CT molecular complexity index is 315. The Labute approximate surface area is 117 Å². The average molecular weight is 267 g/mol. The van der Waals surface area contributed by atoms with Gasteiger partial charge in [-0.25, -0.2) is 0 Å². The molecule has 110 valence electrons. The Hall–Kier alpha value is -0.610. The molecule has 0 aromatic carbocycles. The van der Waals surface area contributed by atoms with Gasteiger partial charge in [-0.15, -0.1) is 0 Å². The van der Waals surface area contributed by atoms with Crippen molar-refractivity contribution in [2.24, 2.45) is 5.73 Å². The SMILES string of the molecule is CNC1(C(N)=O)CCCC(N(C)C2CCCCC2)C1. The highest BCUT2D eigenvalue weighted by atomic mass is 16.1. The van der Waals surface area contributed by atoms with Crippen LogP contribution in [0.1, 0.15) is 57.8 Å². The molecule has 0 heterocycles. The molecule has 2 unspecified atom stereocenters. The zero-order valence-corrected chi connectivity index (χ0v) is 12.5. The van der Waals surface area contributed by atoms with Gasteiger partial charge in [0.2, 0.25) is 5.91 Å². The summed E-state index contributed by atoms with van der Waals surface area (Å²) in [4.78, 5) is 14.3. The van der Waals surface area contributed by atoms with Crippen LogP contribution in [0.2, 0.25) is 0 Å². The molecule has 19 heavy (non-hydrogen) atoms. The van der Waals surface area contributed by atoms with Gasteiger partial charge in [-0.3, -0.25) is 4.79 Å². The van der Waals surface area contributed by atoms with Crippen molar-refractivity contribution in [3.05, 3.63) is 0 Å². The molecule has 2 saturated carbocycles. The molecular formula is C15H29N3O. The Kier molecular flexibility index (Phi) is 4.85. The zero-order valence-electron chi connectivity index (χ0n) is 12.5. The average Bonchev–Trinajstić information content (AvgIpc) is 2.47. The number of hydrogen-bond acceptors (Lipinski definition) is 3. The highest BCUT2D eigenvalue weighted by Gasteiger charge is 2.42. The van der Waals surface area contributed by atoms with E-state index < -0.39 is 5.54 Å². The smallest absolute Gasteiger partial charge is 0.237 e. The maximum absolute atomic E-state index is 11.8. The molecule has 2 atom stereocenters. The number of nitrogens with zero attached hydrogens (tertiary/aromatic N) is 1. The van der Waals surface area contributed by atoms with Crippen molar-refractivity contribution in [2.75, 3.05) is 14.1 Å². The van der Waals surface area contributed by atoms with Crippen LogP contribution in [-0.2, 0) is 4.79 Å². The van der Waals surface area contributed by atoms with Crippen molar-refractivity contribution in [1.29, 1.82) is 0 Å². The predicted octanol–water partition coefficient (Wildman–Crippen LogP) is 1.64. The fourth-order valence-corrected chi connectivity index (χ4v) is 3.95. The summed E-state index contributed by atoms with van der Waals surface area (Å²) in [6.45, 7) is 0. The molecule has 0 aromatic heterocycles. The summed E-state index contributed by atoms with van der Waals surface area (Å²) in [5.74, 6) is -0.184. The number of likely N-dealkylation sites (N-methyl/N-ethyl adjacent to an activating group) is 1. The van der Waals surface area contributed by atoms with E-state index >= 15 is 0 Å². The maximum atomic E-state index is 11.8. The van der Waals surface area contributed by atoms with Crippen LogP contribution < -0.4 is 11.1 Å². The molecule has 0 saturated heterocycles. The van der Waals surface area contributed by atoms with Crippen LogP contribution >= 0.6 is 0 Å². The van der Waals surface area contributed by atoms with Gasteiger partial charge >= 0.3 is 0 Å². The quantitative estimate of drug-likeness (QED) is 0.814. The summed E-state index contributed by atoms with van der Waals surface area (Å²) in [5.41, 5.74) is 5.15. The molecule has 4 heteroatoms. The number of carbonyl (C=O) groups is 1. The fraction of sp³-hybridized carbons (Fsp3) is 0.933. The predicted molar refractivity (Wildman–Crippen MR) is 77.9 cm³/mol. The number of hydrogen-bond donors (Lipinski definition) is 2. The van der Waals surface area contributed by atoms with Gasteiger partial charge in [0.15, 0.2) is 0 Å². The Balaban J connectivity index is 2.01. The Morgan fingerprint density at radius 1 is 1.16 bits per heavy atom. The third-order valence-electron chi connectivity index (χ3n) is 5.40. The molecular weight excluding hydrogens is 238 g/mol. The van der Waals surface area contributed by atoms with E-state index in [2.05, 4.69) is 17.3 Å². The maximum Gasteiger partial charge on any atom is 0.237 e. The van der Waals surface area contributed by atoms with Gasteiger partial charge < -0.3 is 16.0 Å². The number of primary amides is 1. The highest BCUT2D eigenvalue weighted by Crippen LogP contribution is 2.33. The van der Waals surface area contributed by atoms with E-state index in [-0.39, 0.29) is 5.91 Å². The van der Waals surface area contributed by atoms with Crippen molar-refractivity contribution in [2.45, 2.75) is 75.4 Å². The summed E-state index contributed by atoms with van der Waals surface area (Å²) >= 11 is 0. The lowest BCUT2D eigenvalue weighted by Crippen LogP contribution is -2.60. The van der Waals surface area contributed by atoms with Crippen LogP contribution in [0.25, 0.3) is 0 Å². The normalized spacial score (nSPS) is 33.5. The summed E-state index contributed by atoms with van der Waals surface area (Å²) in [5, 5.41) is 3.20. The van der Waals surface area contributed by atoms with E-state index in [1.807, 2.05) is 7.05 Å². The monoisotopic (exact) mass is 267 g/mol. The third kappa shape index (κ3) is 3.11. The number of nitrogens with one attached hydrogen (secondary N) is 1. The molecule has 4 nitrogen and oxygen atoms in total. The van der Waals surface area contributed by atoms with E-state index in [0.29, 0.717) is 12.1 Å². The molecule has 3 N–H and O–H groups in total. The third-order valence-corrected chi connectivity index (χ3v) is 5.40. The minimum absolute atomic E-state index is 0.184. The lowest BCUT2D eigenvalue weighted by Gasteiger charge is -2.45. The van der Waals surface area contributed by atoms with E-state index in [0.717, 1.165) is 19.3 Å². The van der Waals surface area contributed by atoms with Crippen LogP contribution in [0.15, 0.2) is 0 Å². The molecule has 0 aliphatic heterocycles. The van der Waals surface area contributed by atoms with Crippen LogP contribution in [0.5, 0.6) is 0 Å². The van der Waals surface area contributed by atoms with Crippen molar-refractivity contribution in [1.82, 2.24) is 10.2 Å². The summed E-state index contributed by atoms with van der Waals surface area (Å²) in [6.07, 6.45) is 10.8. The zero-order chi connectivity index (χ0) is 13.9. The van der Waals surface area contributed by atoms with Gasteiger partial charge in [-0.2, -0.15) is 0 Å². The number of carbonyl (C=O) groups excluding carboxylic acids is 1. The minimum Gasteiger partial charge on any atom is -0.368 e. The van der Waals surface area contributed by atoms with E-state index in [1.165, 1.54) is 38.5 Å². The summed E-state index contributed by atoms with van der Waals surface area (Å²) in [6, 6.07) is 1.20. The van der Waals surface area contributed by atoms with Gasteiger partial charge in [0.25, 0.3) is 0 Å². The van der Waals surface area contributed by atoms with Crippen molar-refractivity contribution in [3.63, 3.8) is 0 Å². The summed E-state index contributed by atoms with van der Waals surface area (Å²) < 4.78 is 0. The first-order valence-corrected chi connectivity index (χ1v) is 7.80. The van der Waals surface area contributed by atoms with Crippen LogP contribution in [0.4, 0.5) is 0 Å². The second-order valence-electron chi connectivity index (χ2n) is 6.40. The van der Waals surface area contributed by atoms with Gasteiger partial charge in [-0.05, 0) is 52.6 Å². The number of amides is 1. The van der Waals surface area contributed by atoms with Gasteiger partial charge in [0.05, 0.1) is 5.54 Å². The molecule has 2 fully saturated rings. The molecule has 2 aliphatic carbocycles. The highest BCUT2D eigenvalue weighted by molar-refractivity contribution is 5.84. The molecule has 2 rings (SSSR count). The first-order chi connectivity index (χ1) is 9.09. The summed E-state index contributed by atoms with van der Waals surface area (Å²) in [7, 11) is 4.11. The van der Waals surface area contributed by atoms with E-state index in [4.69, 9.17) is 5.73 Å². The minimum atomic E-state index is -0.480. The molecule has 0 aromatic rings. The van der Waals surface area contributed by atoms with Crippen LogP contribution in [-0.4, -0.2) is 42.5 Å². The molecule has 0 spiro atoms. The first kappa shape index (κ1) is 14.8. The molecule has 0 radical (unpaired) electrons. The second-order valence-corrected chi connectivity index (χ2v) is 6.40. The second kappa shape index (κ2) is 6.23. The van der Waals surface area contributed by atoms with Crippen molar-refractivity contribution in [3.8, 4) is 0 Å². The van der Waals surface area contributed by atoms with Gasteiger partial charge in [0, 0.05) is 12.1 Å². The van der Waals surface area contributed by atoms with Crippen molar-refractivity contribution >= 4 is 5.91 Å². The molecule has 1 amide bonds. The Morgan fingerprint density at radius 3 is 2.37 bits per heavy atom. The van der Waals surface area contributed by atoms with Crippen LogP contribution in [0, 0.1) is 0 Å². The van der Waals surface area contributed by atoms with E-state index in [1.54, 1.807) is 0 Å². The fourth-order valence-electron chi connectivity index (χ4n) is 3.95.